The van der Waals surface area contributed by atoms with E-state index in [4.69, 9.17) is 4.74 Å². The lowest BCUT2D eigenvalue weighted by molar-refractivity contribution is -0.124. The quantitative estimate of drug-likeness (QED) is 0.631. The molecule has 0 bridgehead atoms. The highest BCUT2D eigenvalue weighted by Gasteiger charge is 2.11. The van der Waals surface area contributed by atoms with Gasteiger partial charge in [0.15, 0.2) is 0 Å². The van der Waals surface area contributed by atoms with E-state index >= 15 is 0 Å². The van der Waals surface area contributed by atoms with E-state index in [9.17, 15) is 14.4 Å². The summed E-state index contributed by atoms with van der Waals surface area (Å²) in [5.74, 6) is -0.102. The Morgan fingerprint density at radius 1 is 1.21 bits per heavy atom. The fourth-order valence-electron chi connectivity index (χ4n) is 2.59. The minimum absolute atomic E-state index is 0.200. The molecule has 8 nitrogen and oxygen atoms in total. The Hall–Kier alpha value is -3.20. The van der Waals surface area contributed by atoms with Crippen molar-refractivity contribution in [2.75, 3.05) is 18.5 Å². The molecule has 0 saturated heterocycles. The van der Waals surface area contributed by atoms with Crippen LogP contribution in [0.2, 0.25) is 0 Å². The molecule has 3 rings (SSSR count). The van der Waals surface area contributed by atoms with Crippen LogP contribution in [-0.4, -0.2) is 34.5 Å². The molecule has 0 aliphatic rings. The topological polar surface area (TPSA) is 102 Å². The highest BCUT2D eigenvalue weighted by molar-refractivity contribution is 7.18. The largest absolute Gasteiger partial charge is 0.494 e. The van der Waals surface area contributed by atoms with Crippen LogP contribution in [0, 0.1) is 6.92 Å². The molecular formula is C19H20N4O4S. The molecule has 0 saturated carbocycles. The van der Waals surface area contributed by atoms with E-state index in [1.165, 1.54) is 22.2 Å². The van der Waals surface area contributed by atoms with Gasteiger partial charge in [0.2, 0.25) is 11.8 Å². The van der Waals surface area contributed by atoms with Gasteiger partial charge in [0.25, 0.3) is 5.56 Å². The number of thiophene rings is 1. The van der Waals surface area contributed by atoms with Crippen molar-refractivity contribution in [3.63, 3.8) is 0 Å². The van der Waals surface area contributed by atoms with Crippen molar-refractivity contribution < 1.29 is 14.3 Å². The van der Waals surface area contributed by atoms with E-state index in [0.717, 1.165) is 4.88 Å². The van der Waals surface area contributed by atoms with Crippen molar-refractivity contribution in [2.45, 2.75) is 20.4 Å². The zero-order chi connectivity index (χ0) is 20.1. The third-order valence-corrected chi connectivity index (χ3v) is 4.81. The molecule has 2 heterocycles. The second kappa shape index (κ2) is 8.66. The number of carbonyl (C=O) groups is 2. The van der Waals surface area contributed by atoms with E-state index in [1.807, 2.05) is 13.8 Å². The van der Waals surface area contributed by atoms with Crippen LogP contribution in [0.1, 0.15) is 11.8 Å². The normalized spacial score (nSPS) is 10.6. The zero-order valence-electron chi connectivity index (χ0n) is 15.5. The average Bonchev–Trinajstić information content (AvgIpc) is 3.06. The van der Waals surface area contributed by atoms with E-state index in [1.54, 1.807) is 30.3 Å². The third kappa shape index (κ3) is 4.74. The Labute approximate surface area is 165 Å². The molecule has 1 aromatic carbocycles. The molecule has 0 spiro atoms. The summed E-state index contributed by atoms with van der Waals surface area (Å²) < 4.78 is 6.57. The first-order valence-corrected chi connectivity index (χ1v) is 9.53. The van der Waals surface area contributed by atoms with Crippen molar-refractivity contribution in [1.82, 2.24) is 14.9 Å². The molecule has 28 heavy (non-hydrogen) atoms. The van der Waals surface area contributed by atoms with E-state index < -0.39 is 5.91 Å². The Bertz CT molecular complexity index is 1060. The Balaban J connectivity index is 1.53. The Morgan fingerprint density at radius 3 is 2.68 bits per heavy atom. The lowest BCUT2D eigenvalue weighted by atomic mass is 10.3. The monoisotopic (exact) mass is 400 g/mol. The van der Waals surface area contributed by atoms with Gasteiger partial charge in [-0.05, 0) is 44.2 Å². The van der Waals surface area contributed by atoms with Crippen LogP contribution in [0.3, 0.4) is 0 Å². The first-order valence-electron chi connectivity index (χ1n) is 8.71. The number of rotatable bonds is 7. The minimum Gasteiger partial charge on any atom is -0.494 e. The van der Waals surface area contributed by atoms with Crippen molar-refractivity contribution in [1.29, 1.82) is 0 Å². The number of anilines is 1. The van der Waals surface area contributed by atoms with Gasteiger partial charge in [-0.1, -0.05) is 0 Å². The fourth-order valence-corrected chi connectivity index (χ4v) is 3.43. The van der Waals surface area contributed by atoms with Crippen LogP contribution >= 0.6 is 11.3 Å². The zero-order valence-corrected chi connectivity index (χ0v) is 16.3. The van der Waals surface area contributed by atoms with Gasteiger partial charge in [-0.3, -0.25) is 19.0 Å². The molecule has 146 valence electrons. The maximum absolute atomic E-state index is 12.4. The predicted octanol–water partition coefficient (Wildman–Crippen LogP) is 1.92. The van der Waals surface area contributed by atoms with E-state index in [0.29, 0.717) is 28.3 Å². The number of ether oxygens (including phenoxy) is 1. The smallest absolute Gasteiger partial charge is 0.262 e. The summed E-state index contributed by atoms with van der Waals surface area (Å²) in [5, 5.41) is 5.67. The molecule has 3 aromatic rings. The molecule has 0 aliphatic heterocycles. The van der Waals surface area contributed by atoms with Crippen LogP contribution in [0.25, 0.3) is 10.2 Å². The summed E-state index contributed by atoms with van der Waals surface area (Å²) in [5.41, 5.74) is 0.324. The van der Waals surface area contributed by atoms with Gasteiger partial charge in [0.05, 0.1) is 24.9 Å². The highest BCUT2D eigenvalue weighted by Crippen LogP contribution is 2.19. The summed E-state index contributed by atoms with van der Waals surface area (Å²) in [4.78, 5) is 42.3. The summed E-state index contributed by atoms with van der Waals surface area (Å²) in [7, 11) is 0. The molecule has 9 heteroatoms. The SMILES string of the molecule is CCOc1ccc(NC(=O)CNC(=O)Cn2cnc3sc(C)cc3c2=O)cc1. The van der Waals surface area contributed by atoms with Crippen LogP contribution in [-0.2, 0) is 16.1 Å². The molecule has 2 amide bonds. The number of aromatic nitrogens is 2. The van der Waals surface area contributed by atoms with Gasteiger partial charge < -0.3 is 15.4 Å². The van der Waals surface area contributed by atoms with Gasteiger partial charge in [0, 0.05) is 10.6 Å². The van der Waals surface area contributed by atoms with Crippen LogP contribution in [0.5, 0.6) is 5.75 Å². The average molecular weight is 400 g/mol. The van der Waals surface area contributed by atoms with Gasteiger partial charge in [0.1, 0.15) is 17.1 Å². The standard InChI is InChI=1S/C19H20N4O4S/c1-3-27-14-6-4-13(5-7-14)22-16(24)9-20-17(25)10-23-11-21-18-15(19(23)26)8-12(2)28-18/h4-8,11H,3,9-10H2,1-2H3,(H,20,25)(H,22,24). The van der Waals surface area contributed by atoms with Crippen molar-refractivity contribution in [3.8, 4) is 5.75 Å². The number of nitrogens with one attached hydrogen (secondary N) is 2. The van der Waals surface area contributed by atoms with Gasteiger partial charge in [-0.2, -0.15) is 0 Å². The van der Waals surface area contributed by atoms with E-state index in [2.05, 4.69) is 15.6 Å². The van der Waals surface area contributed by atoms with Crippen LogP contribution in [0.15, 0.2) is 41.5 Å². The van der Waals surface area contributed by atoms with E-state index in [-0.39, 0.29) is 24.6 Å². The van der Waals surface area contributed by atoms with Crippen LogP contribution in [0.4, 0.5) is 5.69 Å². The van der Waals surface area contributed by atoms with Crippen molar-refractivity contribution >= 4 is 39.1 Å². The molecular weight excluding hydrogens is 380 g/mol. The summed E-state index contributed by atoms with van der Waals surface area (Å²) in [6.07, 6.45) is 1.35. The Morgan fingerprint density at radius 2 is 1.96 bits per heavy atom. The first kappa shape index (κ1) is 19.6. The van der Waals surface area contributed by atoms with Gasteiger partial charge >= 0.3 is 0 Å². The molecule has 0 atom stereocenters. The third-order valence-electron chi connectivity index (χ3n) is 3.85. The Kier molecular flexibility index (Phi) is 6.05. The summed E-state index contributed by atoms with van der Waals surface area (Å²) in [6.45, 7) is 3.95. The molecule has 2 aromatic heterocycles. The summed E-state index contributed by atoms with van der Waals surface area (Å²) in [6, 6.07) is 8.69. The maximum Gasteiger partial charge on any atom is 0.262 e. The molecule has 0 radical (unpaired) electrons. The summed E-state index contributed by atoms with van der Waals surface area (Å²) >= 11 is 1.43. The minimum atomic E-state index is -0.447. The number of hydrogen-bond donors (Lipinski definition) is 2. The number of benzene rings is 1. The fraction of sp³-hybridized carbons (Fsp3) is 0.263. The molecule has 0 aliphatic carbocycles. The first-order chi connectivity index (χ1) is 13.5. The number of hydrogen-bond acceptors (Lipinski definition) is 6. The van der Waals surface area contributed by atoms with Crippen molar-refractivity contribution in [3.05, 3.63) is 51.9 Å². The number of aryl methyl sites for hydroxylation is 1. The lowest BCUT2D eigenvalue weighted by Crippen LogP contribution is -2.37. The number of amides is 2. The van der Waals surface area contributed by atoms with Gasteiger partial charge in [-0.15, -0.1) is 11.3 Å². The number of fused-ring (bicyclic) bond motifs is 1. The lowest BCUT2D eigenvalue weighted by Gasteiger charge is -2.09. The van der Waals surface area contributed by atoms with Crippen molar-refractivity contribution in [2.24, 2.45) is 0 Å². The second-order valence-electron chi connectivity index (χ2n) is 6.04. The molecule has 2 N–H and O–H groups in total. The van der Waals surface area contributed by atoms with Crippen LogP contribution < -0.4 is 20.9 Å². The second-order valence-corrected chi connectivity index (χ2v) is 7.27. The molecule has 0 unspecified atom stereocenters. The van der Waals surface area contributed by atoms with Gasteiger partial charge in [-0.25, -0.2) is 4.98 Å². The highest BCUT2D eigenvalue weighted by atomic mass is 32.1. The molecule has 0 fully saturated rings. The predicted molar refractivity (Wildman–Crippen MR) is 108 cm³/mol. The number of carbonyl (C=O) groups excluding carboxylic acids is 2. The number of nitrogens with zero attached hydrogens (tertiary/aromatic N) is 2. The maximum atomic E-state index is 12.4.